The number of halogens is 1. The van der Waals surface area contributed by atoms with E-state index in [4.69, 9.17) is 11.6 Å². The molecule has 0 aliphatic rings. The van der Waals surface area contributed by atoms with Gasteiger partial charge in [-0.1, -0.05) is 25.4 Å². The standard InChI is InChI=1S/C21H19ClN4O3S3/c1-3-26(4-2)32(28,29)18-11-15(5-6-16(18)22)25-19(27)17-10-13-9-14(12-24-21(13)31-17)20-23-7-8-30-20/h5-12H,3-4H2,1-2H3,(H,25,27). The zero-order valence-electron chi connectivity index (χ0n) is 17.2. The van der Waals surface area contributed by atoms with Crippen LogP contribution in [0.3, 0.4) is 0 Å². The zero-order chi connectivity index (χ0) is 22.9. The molecule has 0 aliphatic heterocycles. The second kappa shape index (κ2) is 9.24. The molecule has 1 N–H and O–H groups in total. The number of carbonyl (C=O) groups is 1. The fourth-order valence-electron chi connectivity index (χ4n) is 3.20. The molecule has 0 aliphatic carbocycles. The van der Waals surface area contributed by atoms with Crippen molar-refractivity contribution in [3.8, 4) is 10.6 Å². The third-order valence-corrected chi connectivity index (χ3v) is 9.20. The lowest BCUT2D eigenvalue weighted by molar-refractivity contribution is 0.103. The van der Waals surface area contributed by atoms with Gasteiger partial charge in [0.1, 0.15) is 14.7 Å². The number of nitrogens with one attached hydrogen (secondary N) is 1. The highest BCUT2D eigenvalue weighted by Gasteiger charge is 2.25. The van der Waals surface area contributed by atoms with E-state index < -0.39 is 10.0 Å². The van der Waals surface area contributed by atoms with Gasteiger partial charge in [0.2, 0.25) is 10.0 Å². The first-order valence-corrected chi connectivity index (χ1v) is 13.3. The van der Waals surface area contributed by atoms with Crippen LogP contribution in [0.4, 0.5) is 5.69 Å². The Bertz CT molecular complexity index is 1380. The molecule has 0 unspecified atom stereocenters. The van der Waals surface area contributed by atoms with Crippen molar-refractivity contribution in [1.82, 2.24) is 14.3 Å². The quantitative estimate of drug-likeness (QED) is 0.364. The van der Waals surface area contributed by atoms with Gasteiger partial charge in [-0.15, -0.1) is 22.7 Å². The van der Waals surface area contributed by atoms with E-state index in [9.17, 15) is 13.2 Å². The van der Waals surface area contributed by atoms with Gasteiger partial charge in [0.05, 0.1) is 9.90 Å². The molecule has 166 valence electrons. The highest BCUT2D eigenvalue weighted by atomic mass is 35.5. The summed E-state index contributed by atoms with van der Waals surface area (Å²) in [5, 5.41) is 6.47. The summed E-state index contributed by atoms with van der Waals surface area (Å²) in [6, 6.07) is 8.16. The molecule has 0 saturated heterocycles. The molecular formula is C21H19ClN4O3S3. The van der Waals surface area contributed by atoms with Crippen LogP contribution in [0.5, 0.6) is 0 Å². The molecule has 1 amide bonds. The highest BCUT2D eigenvalue weighted by molar-refractivity contribution is 7.89. The normalized spacial score (nSPS) is 11.9. The molecule has 1 aromatic carbocycles. The number of thiazole rings is 1. The summed E-state index contributed by atoms with van der Waals surface area (Å²) in [7, 11) is -3.76. The van der Waals surface area contributed by atoms with Gasteiger partial charge in [0.15, 0.2) is 0 Å². The summed E-state index contributed by atoms with van der Waals surface area (Å²) in [6.07, 6.45) is 3.47. The molecule has 0 radical (unpaired) electrons. The number of hydrogen-bond donors (Lipinski definition) is 1. The summed E-state index contributed by atoms with van der Waals surface area (Å²) in [4.78, 5) is 22.8. The van der Waals surface area contributed by atoms with Crippen molar-refractivity contribution in [3.05, 3.63) is 58.0 Å². The van der Waals surface area contributed by atoms with Crippen LogP contribution in [0.1, 0.15) is 23.5 Å². The van der Waals surface area contributed by atoms with Crippen molar-refractivity contribution < 1.29 is 13.2 Å². The number of hydrogen-bond acceptors (Lipinski definition) is 7. The number of pyridine rings is 1. The van der Waals surface area contributed by atoms with Crippen molar-refractivity contribution in [2.75, 3.05) is 18.4 Å². The van der Waals surface area contributed by atoms with Gasteiger partial charge in [0, 0.05) is 47.5 Å². The number of thiophene rings is 1. The summed E-state index contributed by atoms with van der Waals surface area (Å²) in [5.74, 6) is -0.350. The Labute approximate surface area is 198 Å². The van der Waals surface area contributed by atoms with Crippen LogP contribution in [-0.4, -0.2) is 41.7 Å². The van der Waals surface area contributed by atoms with Crippen LogP contribution < -0.4 is 5.32 Å². The van der Waals surface area contributed by atoms with Gasteiger partial charge in [-0.2, -0.15) is 4.31 Å². The Morgan fingerprint density at radius 1 is 1.16 bits per heavy atom. The minimum absolute atomic E-state index is 0.0354. The number of rotatable bonds is 7. The first-order valence-electron chi connectivity index (χ1n) is 9.74. The van der Waals surface area contributed by atoms with E-state index in [1.54, 1.807) is 38.4 Å². The summed E-state index contributed by atoms with van der Waals surface area (Å²) >= 11 is 8.96. The fraction of sp³-hybridized carbons (Fsp3) is 0.190. The Morgan fingerprint density at radius 2 is 1.94 bits per heavy atom. The van der Waals surface area contributed by atoms with Gasteiger partial charge < -0.3 is 5.32 Å². The number of aromatic nitrogens is 2. The molecule has 7 nitrogen and oxygen atoms in total. The first-order chi connectivity index (χ1) is 15.3. The number of amides is 1. The number of fused-ring (bicyclic) bond motifs is 1. The molecule has 3 aromatic heterocycles. The SMILES string of the molecule is CCN(CC)S(=O)(=O)c1cc(NC(=O)c2cc3cc(-c4nccs4)cnc3s2)ccc1Cl. The van der Waals surface area contributed by atoms with E-state index in [1.807, 2.05) is 11.4 Å². The minimum atomic E-state index is -3.76. The number of anilines is 1. The van der Waals surface area contributed by atoms with Crippen molar-refractivity contribution in [2.24, 2.45) is 0 Å². The molecule has 11 heteroatoms. The molecule has 4 rings (SSSR count). The lowest BCUT2D eigenvalue weighted by Gasteiger charge is -2.19. The van der Waals surface area contributed by atoms with E-state index in [2.05, 4.69) is 15.3 Å². The van der Waals surface area contributed by atoms with Crippen LogP contribution in [0.2, 0.25) is 5.02 Å². The molecular weight excluding hydrogens is 488 g/mol. The third kappa shape index (κ3) is 4.41. The lowest BCUT2D eigenvalue weighted by Crippen LogP contribution is -2.30. The Kier molecular flexibility index (Phi) is 6.59. The average Bonchev–Trinajstić information content (AvgIpc) is 3.45. The predicted octanol–water partition coefficient (Wildman–Crippen LogP) is 5.36. The largest absolute Gasteiger partial charge is 0.321 e. The molecule has 3 heterocycles. The van der Waals surface area contributed by atoms with Gasteiger partial charge in [-0.25, -0.2) is 18.4 Å². The topological polar surface area (TPSA) is 92.3 Å². The Morgan fingerprint density at radius 3 is 2.62 bits per heavy atom. The molecule has 32 heavy (non-hydrogen) atoms. The van der Waals surface area contributed by atoms with E-state index in [0.717, 1.165) is 20.8 Å². The zero-order valence-corrected chi connectivity index (χ0v) is 20.4. The molecule has 0 saturated carbocycles. The maximum atomic E-state index is 12.9. The van der Waals surface area contributed by atoms with Gasteiger partial charge in [0.25, 0.3) is 5.91 Å². The molecule has 0 fully saturated rings. The highest BCUT2D eigenvalue weighted by Crippen LogP contribution is 2.31. The van der Waals surface area contributed by atoms with Crippen molar-refractivity contribution >= 4 is 66.1 Å². The van der Waals surface area contributed by atoms with Crippen molar-refractivity contribution in [2.45, 2.75) is 18.7 Å². The number of carbonyl (C=O) groups excluding carboxylic acids is 1. The smallest absolute Gasteiger partial charge is 0.265 e. The van der Waals surface area contributed by atoms with Crippen LogP contribution >= 0.6 is 34.3 Å². The first kappa shape index (κ1) is 22.8. The Hall–Kier alpha value is -2.37. The Balaban J connectivity index is 1.61. The molecule has 4 aromatic rings. The van der Waals surface area contributed by atoms with Crippen LogP contribution in [-0.2, 0) is 10.0 Å². The third-order valence-electron chi connectivity index (χ3n) is 4.79. The average molecular weight is 507 g/mol. The van der Waals surface area contributed by atoms with E-state index in [1.165, 1.54) is 39.1 Å². The maximum Gasteiger partial charge on any atom is 0.265 e. The predicted molar refractivity (Wildman–Crippen MR) is 130 cm³/mol. The van der Waals surface area contributed by atoms with Crippen LogP contribution in [0.15, 0.2) is 53.0 Å². The van der Waals surface area contributed by atoms with Crippen LogP contribution in [0, 0.1) is 0 Å². The minimum Gasteiger partial charge on any atom is -0.321 e. The second-order valence-electron chi connectivity index (χ2n) is 6.75. The summed E-state index contributed by atoms with van der Waals surface area (Å²) in [6.45, 7) is 4.17. The van der Waals surface area contributed by atoms with Crippen LogP contribution in [0.25, 0.3) is 20.8 Å². The lowest BCUT2D eigenvalue weighted by atomic mass is 10.2. The fourth-order valence-corrected chi connectivity index (χ4v) is 6.66. The second-order valence-corrected chi connectivity index (χ2v) is 11.0. The number of sulfonamides is 1. The van der Waals surface area contributed by atoms with Gasteiger partial charge in [-0.3, -0.25) is 4.79 Å². The van der Waals surface area contributed by atoms with E-state index >= 15 is 0 Å². The van der Waals surface area contributed by atoms with Crippen molar-refractivity contribution in [1.29, 1.82) is 0 Å². The molecule has 0 bridgehead atoms. The summed E-state index contributed by atoms with van der Waals surface area (Å²) in [5.41, 5.74) is 1.24. The number of benzene rings is 1. The molecule has 0 spiro atoms. The maximum absolute atomic E-state index is 12.9. The van der Waals surface area contributed by atoms with E-state index in [-0.39, 0.29) is 15.8 Å². The number of nitrogens with zero attached hydrogens (tertiary/aromatic N) is 3. The van der Waals surface area contributed by atoms with Gasteiger partial charge >= 0.3 is 0 Å². The molecule has 0 atom stereocenters. The van der Waals surface area contributed by atoms with Crippen molar-refractivity contribution in [3.63, 3.8) is 0 Å². The summed E-state index contributed by atoms with van der Waals surface area (Å²) < 4.78 is 27.1. The monoisotopic (exact) mass is 506 g/mol. The van der Waals surface area contributed by atoms with E-state index in [0.29, 0.717) is 23.7 Å². The van der Waals surface area contributed by atoms with Gasteiger partial charge in [-0.05, 0) is 30.3 Å².